The van der Waals surface area contributed by atoms with E-state index < -0.39 is 11.9 Å². The molecule has 1 aromatic rings. The fourth-order valence-electron chi connectivity index (χ4n) is 1.89. The van der Waals surface area contributed by atoms with Crippen molar-refractivity contribution in [1.29, 1.82) is 0 Å². The second-order valence-corrected chi connectivity index (χ2v) is 5.18. The van der Waals surface area contributed by atoms with Crippen LogP contribution >= 0.6 is 0 Å². The molecule has 4 heteroatoms. The molecule has 0 aromatic heterocycles. The van der Waals surface area contributed by atoms with E-state index in [-0.39, 0.29) is 0 Å². The lowest BCUT2D eigenvalue weighted by Gasteiger charge is -2.13. The first-order valence-corrected chi connectivity index (χ1v) is 6.62. The maximum absolute atomic E-state index is 10.9. The Kier molecular flexibility index (Phi) is 4.30. The van der Waals surface area contributed by atoms with Crippen LogP contribution in [0.25, 0.3) is 0 Å². The summed E-state index contributed by atoms with van der Waals surface area (Å²) in [6, 6.07) is 5.62. The Morgan fingerprint density at radius 2 is 2.16 bits per heavy atom. The van der Waals surface area contributed by atoms with Crippen molar-refractivity contribution < 1.29 is 19.4 Å². The predicted octanol–water partition coefficient (Wildman–Crippen LogP) is 2.75. The number of carboxylic acids is 1. The summed E-state index contributed by atoms with van der Waals surface area (Å²) in [5.74, 6) is 0.907. The Hall–Kier alpha value is -1.71. The summed E-state index contributed by atoms with van der Waals surface area (Å²) in [7, 11) is 1.61. The zero-order chi connectivity index (χ0) is 13.8. The SMILES string of the molecule is COc1ccc(CC(C)C(=O)O)cc1OCC1CC1. The largest absolute Gasteiger partial charge is 0.493 e. The zero-order valence-corrected chi connectivity index (χ0v) is 11.4. The lowest BCUT2D eigenvalue weighted by atomic mass is 10.0. The van der Waals surface area contributed by atoms with Gasteiger partial charge in [-0.2, -0.15) is 0 Å². The van der Waals surface area contributed by atoms with Crippen molar-refractivity contribution in [3.8, 4) is 11.5 Å². The first-order chi connectivity index (χ1) is 9.10. The average Bonchev–Trinajstić information content (AvgIpc) is 3.20. The smallest absolute Gasteiger partial charge is 0.306 e. The highest BCUT2D eigenvalue weighted by Crippen LogP contribution is 2.33. The van der Waals surface area contributed by atoms with Gasteiger partial charge in [-0.25, -0.2) is 0 Å². The topological polar surface area (TPSA) is 55.8 Å². The van der Waals surface area contributed by atoms with Gasteiger partial charge in [0.05, 0.1) is 19.6 Å². The van der Waals surface area contributed by atoms with Crippen LogP contribution in [0.5, 0.6) is 11.5 Å². The summed E-state index contributed by atoms with van der Waals surface area (Å²) in [6.45, 7) is 2.42. The van der Waals surface area contributed by atoms with Crippen LogP contribution < -0.4 is 9.47 Å². The van der Waals surface area contributed by atoms with Crippen LogP contribution in [0.15, 0.2) is 18.2 Å². The average molecular weight is 264 g/mol. The van der Waals surface area contributed by atoms with E-state index in [2.05, 4.69) is 0 Å². The van der Waals surface area contributed by atoms with Gasteiger partial charge in [0, 0.05) is 0 Å². The van der Waals surface area contributed by atoms with Crippen molar-refractivity contribution in [3.63, 3.8) is 0 Å². The molecule has 2 rings (SSSR count). The summed E-state index contributed by atoms with van der Waals surface area (Å²) in [5, 5.41) is 8.94. The minimum Gasteiger partial charge on any atom is -0.493 e. The molecule has 1 aliphatic rings. The fraction of sp³-hybridized carbons (Fsp3) is 0.533. The molecule has 4 nitrogen and oxygen atoms in total. The van der Waals surface area contributed by atoms with Gasteiger partial charge in [-0.1, -0.05) is 13.0 Å². The number of methoxy groups -OCH3 is 1. The standard InChI is InChI=1S/C15H20O4/c1-10(15(16)17)7-12-5-6-13(18-2)14(8-12)19-9-11-3-4-11/h5-6,8,10-11H,3-4,7,9H2,1-2H3,(H,16,17). The molecule has 1 atom stereocenters. The summed E-state index contributed by atoms with van der Waals surface area (Å²) in [4.78, 5) is 10.9. The van der Waals surface area contributed by atoms with Crippen molar-refractivity contribution >= 4 is 5.97 Å². The van der Waals surface area contributed by atoms with Crippen LogP contribution in [0.4, 0.5) is 0 Å². The molecule has 0 spiro atoms. The molecule has 0 bridgehead atoms. The number of hydrogen-bond acceptors (Lipinski definition) is 3. The Morgan fingerprint density at radius 3 is 2.74 bits per heavy atom. The molecule has 0 radical (unpaired) electrons. The highest BCUT2D eigenvalue weighted by atomic mass is 16.5. The van der Waals surface area contributed by atoms with Gasteiger partial charge in [-0.3, -0.25) is 4.79 Å². The Morgan fingerprint density at radius 1 is 1.42 bits per heavy atom. The second kappa shape index (κ2) is 5.95. The van der Waals surface area contributed by atoms with Gasteiger partial charge in [-0.15, -0.1) is 0 Å². The van der Waals surface area contributed by atoms with Crippen molar-refractivity contribution in [2.24, 2.45) is 11.8 Å². The Balaban J connectivity index is 2.07. The molecule has 1 aliphatic carbocycles. The van der Waals surface area contributed by atoms with E-state index in [0.29, 0.717) is 30.4 Å². The van der Waals surface area contributed by atoms with Crippen molar-refractivity contribution in [2.75, 3.05) is 13.7 Å². The summed E-state index contributed by atoms with van der Waals surface area (Å²) in [5.41, 5.74) is 0.960. The van der Waals surface area contributed by atoms with Crippen LogP contribution in [0.1, 0.15) is 25.3 Å². The van der Waals surface area contributed by atoms with Crippen LogP contribution in [0, 0.1) is 11.8 Å². The third-order valence-corrected chi connectivity index (χ3v) is 3.36. The van der Waals surface area contributed by atoms with Gasteiger partial charge in [-0.05, 0) is 42.9 Å². The highest BCUT2D eigenvalue weighted by Gasteiger charge is 2.22. The van der Waals surface area contributed by atoms with E-state index in [4.69, 9.17) is 14.6 Å². The Bertz CT molecular complexity index is 451. The molecule has 104 valence electrons. The summed E-state index contributed by atoms with van der Waals surface area (Å²) >= 11 is 0. The Labute approximate surface area is 113 Å². The number of hydrogen-bond donors (Lipinski definition) is 1. The maximum atomic E-state index is 10.9. The van der Waals surface area contributed by atoms with Gasteiger partial charge in [0.1, 0.15) is 0 Å². The lowest BCUT2D eigenvalue weighted by Crippen LogP contribution is -2.12. The van der Waals surface area contributed by atoms with Crippen molar-refractivity contribution in [1.82, 2.24) is 0 Å². The van der Waals surface area contributed by atoms with Gasteiger partial charge in [0.25, 0.3) is 0 Å². The number of aliphatic carboxylic acids is 1. The van der Waals surface area contributed by atoms with E-state index in [1.807, 2.05) is 18.2 Å². The number of carboxylic acid groups (broad SMARTS) is 1. The van der Waals surface area contributed by atoms with Crippen LogP contribution in [-0.4, -0.2) is 24.8 Å². The van der Waals surface area contributed by atoms with Crippen molar-refractivity contribution in [2.45, 2.75) is 26.2 Å². The molecule has 0 aliphatic heterocycles. The molecular formula is C15H20O4. The van der Waals surface area contributed by atoms with Gasteiger partial charge >= 0.3 is 5.97 Å². The molecule has 19 heavy (non-hydrogen) atoms. The van der Waals surface area contributed by atoms with Gasteiger partial charge < -0.3 is 14.6 Å². The second-order valence-electron chi connectivity index (χ2n) is 5.18. The normalized spacial score (nSPS) is 15.9. The highest BCUT2D eigenvalue weighted by molar-refractivity contribution is 5.70. The zero-order valence-electron chi connectivity index (χ0n) is 11.4. The van der Waals surface area contributed by atoms with Crippen LogP contribution in [-0.2, 0) is 11.2 Å². The molecule has 0 heterocycles. The van der Waals surface area contributed by atoms with E-state index in [1.165, 1.54) is 12.8 Å². The molecule has 1 fully saturated rings. The molecule has 1 aromatic carbocycles. The minimum absolute atomic E-state index is 0.398. The van der Waals surface area contributed by atoms with Crippen LogP contribution in [0.3, 0.4) is 0 Å². The van der Waals surface area contributed by atoms with E-state index >= 15 is 0 Å². The molecule has 1 N–H and O–H groups in total. The van der Waals surface area contributed by atoms with E-state index in [1.54, 1.807) is 14.0 Å². The van der Waals surface area contributed by atoms with Gasteiger partial charge in [0.15, 0.2) is 11.5 Å². The quantitative estimate of drug-likeness (QED) is 0.822. The predicted molar refractivity (Wildman–Crippen MR) is 71.7 cm³/mol. The third kappa shape index (κ3) is 3.88. The van der Waals surface area contributed by atoms with E-state index in [0.717, 1.165) is 5.56 Å². The number of ether oxygens (including phenoxy) is 2. The number of rotatable bonds is 7. The lowest BCUT2D eigenvalue weighted by molar-refractivity contribution is -0.141. The third-order valence-electron chi connectivity index (χ3n) is 3.36. The molecular weight excluding hydrogens is 244 g/mol. The minimum atomic E-state index is -0.781. The summed E-state index contributed by atoms with van der Waals surface area (Å²) in [6.07, 6.45) is 2.97. The van der Waals surface area contributed by atoms with Gasteiger partial charge in [0.2, 0.25) is 0 Å². The monoisotopic (exact) mass is 264 g/mol. The first kappa shape index (κ1) is 13.7. The summed E-state index contributed by atoms with van der Waals surface area (Å²) < 4.78 is 11.0. The molecule has 1 saturated carbocycles. The maximum Gasteiger partial charge on any atom is 0.306 e. The molecule has 1 unspecified atom stereocenters. The molecule has 0 amide bonds. The van der Waals surface area contributed by atoms with Crippen molar-refractivity contribution in [3.05, 3.63) is 23.8 Å². The number of carbonyl (C=O) groups is 1. The van der Waals surface area contributed by atoms with E-state index in [9.17, 15) is 4.79 Å². The van der Waals surface area contributed by atoms with Crippen LogP contribution in [0.2, 0.25) is 0 Å². The fourth-order valence-corrected chi connectivity index (χ4v) is 1.89. The number of benzene rings is 1. The molecule has 0 saturated heterocycles. The first-order valence-electron chi connectivity index (χ1n) is 6.62.